The minimum atomic E-state index is -0.357. The normalized spacial score (nSPS) is 25.7. The highest BCUT2D eigenvalue weighted by molar-refractivity contribution is 5.51. The van der Waals surface area contributed by atoms with Gasteiger partial charge in [0.2, 0.25) is 0 Å². The molecule has 19 heavy (non-hydrogen) atoms. The molecule has 0 radical (unpaired) electrons. The maximum Gasteiger partial charge on any atom is 0.200 e. The molecular weight excluding hydrogens is 248 g/mol. The number of aliphatic hydroxyl groups is 1. The molecule has 1 unspecified atom stereocenters. The summed E-state index contributed by atoms with van der Waals surface area (Å²) in [6.07, 6.45) is 2.13. The third kappa shape index (κ3) is 2.62. The van der Waals surface area contributed by atoms with Crippen molar-refractivity contribution in [1.29, 1.82) is 0 Å². The summed E-state index contributed by atoms with van der Waals surface area (Å²) in [5.41, 5.74) is 0.986. The second-order valence-corrected chi connectivity index (χ2v) is 5.04. The quantitative estimate of drug-likeness (QED) is 0.866. The van der Waals surface area contributed by atoms with Crippen molar-refractivity contribution in [3.8, 4) is 17.2 Å². The largest absolute Gasteiger partial charge is 0.508 e. The average Bonchev–Trinajstić information content (AvgIpc) is 2.86. The molecule has 0 aliphatic carbocycles. The zero-order valence-corrected chi connectivity index (χ0v) is 10.7. The Morgan fingerprint density at radius 2 is 2.26 bits per heavy atom. The van der Waals surface area contributed by atoms with E-state index in [0.29, 0.717) is 31.1 Å². The van der Waals surface area contributed by atoms with Crippen LogP contribution in [0.3, 0.4) is 0 Å². The molecule has 0 aromatic heterocycles. The molecule has 2 N–H and O–H groups in total. The van der Waals surface area contributed by atoms with E-state index in [9.17, 15) is 5.11 Å². The fourth-order valence-electron chi connectivity index (χ4n) is 2.52. The molecular formula is C14H18O5. The molecule has 2 aliphatic rings. The van der Waals surface area contributed by atoms with Gasteiger partial charge in [0.15, 0.2) is 6.29 Å². The highest BCUT2D eigenvalue weighted by Gasteiger charge is 2.28. The van der Waals surface area contributed by atoms with E-state index in [1.165, 1.54) is 0 Å². The Balaban J connectivity index is 1.79. The second kappa shape index (κ2) is 5.27. The van der Waals surface area contributed by atoms with Gasteiger partial charge in [-0.2, -0.15) is 0 Å². The molecule has 1 aromatic carbocycles. The number of hydrogen-bond acceptors (Lipinski definition) is 5. The highest BCUT2D eigenvalue weighted by Crippen LogP contribution is 2.38. The summed E-state index contributed by atoms with van der Waals surface area (Å²) in [7, 11) is 0. The Hall–Kier alpha value is -1.46. The molecule has 0 spiro atoms. The third-order valence-electron chi connectivity index (χ3n) is 3.54. The fourth-order valence-corrected chi connectivity index (χ4v) is 2.52. The van der Waals surface area contributed by atoms with Crippen LogP contribution in [0.5, 0.6) is 17.2 Å². The summed E-state index contributed by atoms with van der Waals surface area (Å²) in [6, 6.07) is 3.22. The molecule has 0 bridgehead atoms. The zero-order chi connectivity index (χ0) is 13.2. The van der Waals surface area contributed by atoms with Crippen LogP contribution in [0.25, 0.3) is 0 Å². The predicted molar refractivity (Wildman–Crippen MR) is 67.5 cm³/mol. The molecule has 3 rings (SSSR count). The number of fused-ring (bicyclic) bond motifs is 1. The Morgan fingerprint density at radius 1 is 1.37 bits per heavy atom. The lowest BCUT2D eigenvalue weighted by molar-refractivity contribution is -0.0404. The van der Waals surface area contributed by atoms with Crippen LogP contribution < -0.4 is 9.47 Å². The van der Waals surface area contributed by atoms with Crippen molar-refractivity contribution in [2.75, 3.05) is 19.8 Å². The SMILES string of the molecule is OC[C@H]1COC(Oc2cc(O)cc3c2CCCO3)C1. The Kier molecular flexibility index (Phi) is 3.48. The smallest absolute Gasteiger partial charge is 0.200 e. The van der Waals surface area contributed by atoms with E-state index in [1.807, 2.05) is 0 Å². The van der Waals surface area contributed by atoms with Crippen molar-refractivity contribution < 1.29 is 24.4 Å². The average molecular weight is 266 g/mol. The van der Waals surface area contributed by atoms with Crippen LogP contribution in [0.1, 0.15) is 18.4 Å². The first kappa shape index (κ1) is 12.6. The van der Waals surface area contributed by atoms with Gasteiger partial charge in [-0.05, 0) is 12.8 Å². The number of phenols is 1. The Labute approximate surface area is 111 Å². The van der Waals surface area contributed by atoms with Crippen molar-refractivity contribution in [2.45, 2.75) is 25.6 Å². The summed E-state index contributed by atoms with van der Waals surface area (Å²) in [6.45, 7) is 1.29. The van der Waals surface area contributed by atoms with Crippen molar-refractivity contribution in [1.82, 2.24) is 0 Å². The lowest BCUT2D eigenvalue weighted by Gasteiger charge is -2.22. The number of rotatable bonds is 3. The van der Waals surface area contributed by atoms with Gasteiger partial charge in [-0.3, -0.25) is 0 Å². The molecule has 1 fully saturated rings. The Bertz CT molecular complexity index is 459. The van der Waals surface area contributed by atoms with Gasteiger partial charge in [0, 0.05) is 36.6 Å². The van der Waals surface area contributed by atoms with Crippen LogP contribution in [-0.2, 0) is 11.2 Å². The lowest BCUT2D eigenvalue weighted by atomic mass is 10.0. The molecule has 2 heterocycles. The number of aromatic hydroxyl groups is 1. The molecule has 5 nitrogen and oxygen atoms in total. The first-order chi connectivity index (χ1) is 9.26. The monoisotopic (exact) mass is 266 g/mol. The Morgan fingerprint density at radius 3 is 3.05 bits per heavy atom. The van der Waals surface area contributed by atoms with Gasteiger partial charge in [0.25, 0.3) is 0 Å². The number of aliphatic hydroxyl groups excluding tert-OH is 1. The van der Waals surface area contributed by atoms with Gasteiger partial charge in [0.1, 0.15) is 17.2 Å². The maximum atomic E-state index is 9.70. The van der Waals surface area contributed by atoms with Gasteiger partial charge < -0.3 is 24.4 Å². The lowest BCUT2D eigenvalue weighted by Crippen LogP contribution is -2.17. The predicted octanol–water partition coefficient (Wildman–Crippen LogP) is 1.45. The summed E-state index contributed by atoms with van der Waals surface area (Å²) >= 11 is 0. The highest BCUT2D eigenvalue weighted by atomic mass is 16.7. The number of benzene rings is 1. The summed E-state index contributed by atoms with van der Waals surface area (Å²) in [5, 5.41) is 18.8. The van der Waals surface area contributed by atoms with E-state index in [0.717, 1.165) is 18.4 Å². The van der Waals surface area contributed by atoms with Crippen molar-refractivity contribution in [2.24, 2.45) is 5.92 Å². The van der Waals surface area contributed by atoms with Crippen LogP contribution in [0.4, 0.5) is 0 Å². The molecule has 2 aliphatic heterocycles. The van der Waals surface area contributed by atoms with Crippen molar-refractivity contribution >= 4 is 0 Å². The molecule has 104 valence electrons. The minimum Gasteiger partial charge on any atom is -0.508 e. The minimum absolute atomic E-state index is 0.112. The van der Waals surface area contributed by atoms with E-state index in [4.69, 9.17) is 19.3 Å². The topological polar surface area (TPSA) is 68.2 Å². The molecule has 0 saturated carbocycles. The van der Waals surface area contributed by atoms with Gasteiger partial charge in [0.05, 0.1) is 13.2 Å². The van der Waals surface area contributed by atoms with Gasteiger partial charge in [-0.1, -0.05) is 0 Å². The van der Waals surface area contributed by atoms with Crippen LogP contribution in [-0.4, -0.2) is 36.3 Å². The molecule has 0 amide bonds. The summed E-state index contributed by atoms with van der Waals surface area (Å²) < 4.78 is 16.8. The van der Waals surface area contributed by atoms with E-state index in [-0.39, 0.29) is 24.6 Å². The zero-order valence-electron chi connectivity index (χ0n) is 10.7. The number of phenolic OH excluding ortho intramolecular Hbond substituents is 1. The van der Waals surface area contributed by atoms with E-state index in [2.05, 4.69) is 0 Å². The molecule has 5 heteroatoms. The van der Waals surface area contributed by atoms with Crippen molar-refractivity contribution in [3.05, 3.63) is 17.7 Å². The summed E-state index contributed by atoms with van der Waals surface area (Å²) in [5.74, 6) is 1.58. The maximum absolute atomic E-state index is 9.70. The van der Waals surface area contributed by atoms with E-state index in [1.54, 1.807) is 12.1 Å². The van der Waals surface area contributed by atoms with Crippen LogP contribution in [0, 0.1) is 5.92 Å². The summed E-state index contributed by atoms with van der Waals surface area (Å²) in [4.78, 5) is 0. The van der Waals surface area contributed by atoms with Crippen LogP contribution in [0.15, 0.2) is 12.1 Å². The van der Waals surface area contributed by atoms with Gasteiger partial charge in [-0.25, -0.2) is 0 Å². The van der Waals surface area contributed by atoms with Gasteiger partial charge >= 0.3 is 0 Å². The van der Waals surface area contributed by atoms with Crippen molar-refractivity contribution in [3.63, 3.8) is 0 Å². The molecule has 1 saturated heterocycles. The van der Waals surface area contributed by atoms with E-state index >= 15 is 0 Å². The first-order valence-electron chi connectivity index (χ1n) is 6.64. The first-order valence-corrected chi connectivity index (χ1v) is 6.64. The fraction of sp³-hybridized carbons (Fsp3) is 0.571. The second-order valence-electron chi connectivity index (χ2n) is 5.04. The number of ether oxygens (including phenoxy) is 3. The standard InChI is InChI=1S/C14H18O5/c15-7-9-4-14(18-8-9)19-13-6-10(16)5-12-11(13)2-1-3-17-12/h5-6,9,14-16H,1-4,7-8H2/t9-,14?/m0/s1. The molecule has 1 aromatic rings. The van der Waals surface area contributed by atoms with Gasteiger partial charge in [-0.15, -0.1) is 0 Å². The third-order valence-corrected chi connectivity index (χ3v) is 3.54. The van der Waals surface area contributed by atoms with Crippen LogP contribution >= 0.6 is 0 Å². The number of hydrogen-bond donors (Lipinski definition) is 2. The van der Waals surface area contributed by atoms with Crippen LogP contribution in [0.2, 0.25) is 0 Å². The van der Waals surface area contributed by atoms with E-state index < -0.39 is 0 Å². The molecule has 2 atom stereocenters.